The SMILES string of the molecule is COc1cccc(C(=O)N2CC(=O)Nc3ccc(Cl)cc3C2c2ccccc2)c1OC. The van der Waals surface area contributed by atoms with Gasteiger partial charge in [-0.15, -0.1) is 0 Å². The van der Waals surface area contributed by atoms with Gasteiger partial charge in [-0.2, -0.15) is 0 Å². The number of halogens is 1. The number of nitrogens with zero attached hydrogens (tertiary/aromatic N) is 1. The molecule has 31 heavy (non-hydrogen) atoms. The lowest BCUT2D eigenvalue weighted by molar-refractivity contribution is -0.117. The first kappa shape index (κ1) is 20.8. The highest BCUT2D eigenvalue weighted by Gasteiger charge is 2.35. The maximum Gasteiger partial charge on any atom is 0.259 e. The fourth-order valence-corrected chi connectivity index (χ4v) is 4.05. The minimum atomic E-state index is -0.530. The summed E-state index contributed by atoms with van der Waals surface area (Å²) in [4.78, 5) is 28.1. The molecule has 1 aliphatic heterocycles. The van der Waals surface area contributed by atoms with E-state index >= 15 is 0 Å². The van der Waals surface area contributed by atoms with Crippen molar-refractivity contribution in [2.75, 3.05) is 26.1 Å². The van der Waals surface area contributed by atoms with Crippen molar-refractivity contribution in [3.8, 4) is 11.5 Å². The van der Waals surface area contributed by atoms with E-state index in [0.29, 0.717) is 27.8 Å². The normalized spacial score (nSPS) is 15.5. The first-order valence-corrected chi connectivity index (χ1v) is 10.1. The van der Waals surface area contributed by atoms with Crippen molar-refractivity contribution < 1.29 is 19.1 Å². The number of carbonyl (C=O) groups is 2. The van der Waals surface area contributed by atoms with E-state index in [2.05, 4.69) is 5.32 Å². The Hall–Kier alpha value is -3.51. The molecule has 3 aromatic rings. The first-order valence-electron chi connectivity index (χ1n) is 9.69. The third-order valence-electron chi connectivity index (χ3n) is 5.22. The molecule has 0 saturated carbocycles. The molecule has 1 heterocycles. The third-order valence-corrected chi connectivity index (χ3v) is 5.45. The second-order valence-corrected chi connectivity index (χ2v) is 7.50. The fraction of sp³-hybridized carbons (Fsp3) is 0.167. The third kappa shape index (κ3) is 3.94. The van der Waals surface area contributed by atoms with Crippen molar-refractivity contribution in [3.05, 3.63) is 88.4 Å². The molecule has 3 aromatic carbocycles. The lowest BCUT2D eigenvalue weighted by atomic mass is 9.95. The molecule has 4 rings (SSSR count). The predicted molar refractivity (Wildman–Crippen MR) is 119 cm³/mol. The molecule has 0 saturated heterocycles. The Balaban J connectivity index is 1.91. The molecule has 0 aliphatic carbocycles. The van der Waals surface area contributed by atoms with Gasteiger partial charge in [0.1, 0.15) is 6.54 Å². The Morgan fingerprint density at radius 1 is 1.03 bits per heavy atom. The summed E-state index contributed by atoms with van der Waals surface area (Å²) in [6.45, 7) is -0.134. The fourth-order valence-electron chi connectivity index (χ4n) is 3.87. The molecule has 1 unspecified atom stereocenters. The van der Waals surface area contributed by atoms with Crippen LogP contribution >= 0.6 is 11.6 Å². The summed E-state index contributed by atoms with van der Waals surface area (Å²) in [5.74, 6) is 0.106. The number of methoxy groups -OCH3 is 2. The number of hydrogen-bond acceptors (Lipinski definition) is 4. The molecular weight excluding hydrogens is 416 g/mol. The molecule has 6 nitrogen and oxygen atoms in total. The smallest absolute Gasteiger partial charge is 0.259 e. The molecule has 7 heteroatoms. The molecular formula is C24H21ClN2O4. The highest BCUT2D eigenvalue weighted by molar-refractivity contribution is 6.30. The Bertz CT molecular complexity index is 1130. The summed E-state index contributed by atoms with van der Waals surface area (Å²) in [5.41, 5.74) is 2.52. The number of para-hydroxylation sites is 1. The van der Waals surface area contributed by atoms with Gasteiger partial charge in [0.2, 0.25) is 5.91 Å². The standard InChI is InChI=1S/C24H21ClN2O4/c1-30-20-10-6-9-17(23(20)31-2)24(29)27-14-21(28)26-19-12-11-16(25)13-18(19)22(27)15-7-4-3-5-8-15/h3-13,22H,14H2,1-2H3,(H,26,28). The van der Waals surface area contributed by atoms with E-state index in [9.17, 15) is 9.59 Å². The van der Waals surface area contributed by atoms with Gasteiger partial charge >= 0.3 is 0 Å². The van der Waals surface area contributed by atoms with Gasteiger partial charge in [0.15, 0.2) is 11.5 Å². The van der Waals surface area contributed by atoms with Gasteiger partial charge in [-0.25, -0.2) is 0 Å². The zero-order valence-electron chi connectivity index (χ0n) is 17.1. The molecule has 0 fully saturated rings. The maximum absolute atomic E-state index is 13.8. The van der Waals surface area contributed by atoms with Gasteiger partial charge in [0.05, 0.1) is 25.8 Å². The second kappa shape index (κ2) is 8.70. The first-order chi connectivity index (χ1) is 15.0. The summed E-state index contributed by atoms with van der Waals surface area (Å²) < 4.78 is 10.8. The van der Waals surface area contributed by atoms with E-state index in [-0.39, 0.29) is 18.4 Å². The molecule has 158 valence electrons. The van der Waals surface area contributed by atoms with Crippen LogP contribution < -0.4 is 14.8 Å². The summed E-state index contributed by atoms with van der Waals surface area (Å²) in [6, 6.07) is 19.4. The lowest BCUT2D eigenvalue weighted by Gasteiger charge is -2.31. The minimum absolute atomic E-state index is 0.134. The predicted octanol–water partition coefficient (Wildman–Crippen LogP) is 4.54. The molecule has 1 aliphatic rings. The van der Waals surface area contributed by atoms with Crippen molar-refractivity contribution in [3.63, 3.8) is 0 Å². The number of amides is 2. The second-order valence-electron chi connectivity index (χ2n) is 7.07. The highest BCUT2D eigenvalue weighted by Crippen LogP contribution is 2.39. The Labute approximate surface area is 185 Å². The average Bonchev–Trinajstić information content (AvgIpc) is 2.94. The van der Waals surface area contributed by atoms with Crippen molar-refractivity contribution in [1.82, 2.24) is 4.90 Å². The van der Waals surface area contributed by atoms with Crippen LogP contribution in [0, 0.1) is 0 Å². The van der Waals surface area contributed by atoms with E-state index in [1.54, 1.807) is 36.4 Å². The highest BCUT2D eigenvalue weighted by atomic mass is 35.5. The topological polar surface area (TPSA) is 67.9 Å². The zero-order valence-corrected chi connectivity index (χ0v) is 17.8. The number of fused-ring (bicyclic) bond motifs is 1. The van der Waals surface area contributed by atoms with Gasteiger partial charge in [-0.1, -0.05) is 48.0 Å². The number of anilines is 1. The molecule has 1 N–H and O–H groups in total. The average molecular weight is 437 g/mol. The van der Waals surface area contributed by atoms with Crippen molar-refractivity contribution in [2.45, 2.75) is 6.04 Å². The molecule has 0 radical (unpaired) electrons. The quantitative estimate of drug-likeness (QED) is 0.652. The van der Waals surface area contributed by atoms with Crippen LogP contribution in [-0.2, 0) is 4.79 Å². The Morgan fingerprint density at radius 2 is 1.81 bits per heavy atom. The van der Waals surface area contributed by atoms with E-state index in [4.69, 9.17) is 21.1 Å². The van der Waals surface area contributed by atoms with Gasteiger partial charge in [-0.05, 0) is 35.9 Å². The number of nitrogens with one attached hydrogen (secondary N) is 1. The van der Waals surface area contributed by atoms with Crippen LogP contribution in [0.15, 0.2) is 66.7 Å². The van der Waals surface area contributed by atoms with Gasteiger partial charge in [-0.3, -0.25) is 9.59 Å². The van der Waals surface area contributed by atoms with E-state index in [1.807, 2.05) is 30.3 Å². The number of hydrogen-bond donors (Lipinski definition) is 1. The van der Waals surface area contributed by atoms with Crippen molar-refractivity contribution >= 4 is 29.1 Å². The molecule has 2 amide bonds. The van der Waals surface area contributed by atoms with Crippen LogP contribution in [0.1, 0.15) is 27.5 Å². The molecule has 1 atom stereocenters. The van der Waals surface area contributed by atoms with Gasteiger partial charge < -0.3 is 19.7 Å². The number of benzene rings is 3. The summed E-state index contributed by atoms with van der Waals surface area (Å²) in [5, 5.41) is 3.41. The van der Waals surface area contributed by atoms with Crippen LogP contribution in [0.4, 0.5) is 5.69 Å². The van der Waals surface area contributed by atoms with Crippen LogP contribution in [0.3, 0.4) is 0 Å². The van der Waals surface area contributed by atoms with E-state index < -0.39 is 6.04 Å². The van der Waals surface area contributed by atoms with E-state index in [0.717, 1.165) is 11.1 Å². The van der Waals surface area contributed by atoms with Crippen LogP contribution in [0.25, 0.3) is 0 Å². The monoisotopic (exact) mass is 436 g/mol. The zero-order chi connectivity index (χ0) is 22.0. The number of carbonyl (C=O) groups excluding carboxylic acids is 2. The number of rotatable bonds is 4. The molecule has 0 aromatic heterocycles. The van der Waals surface area contributed by atoms with Gasteiger partial charge in [0, 0.05) is 16.3 Å². The minimum Gasteiger partial charge on any atom is -0.493 e. The van der Waals surface area contributed by atoms with Gasteiger partial charge in [0.25, 0.3) is 5.91 Å². The summed E-state index contributed by atoms with van der Waals surface area (Å²) >= 11 is 6.30. The number of ether oxygens (including phenoxy) is 2. The Morgan fingerprint density at radius 3 is 2.52 bits per heavy atom. The largest absolute Gasteiger partial charge is 0.493 e. The lowest BCUT2D eigenvalue weighted by Crippen LogP contribution is -2.39. The molecule has 0 bridgehead atoms. The molecule has 0 spiro atoms. The maximum atomic E-state index is 13.8. The van der Waals surface area contributed by atoms with Crippen LogP contribution in [0.2, 0.25) is 5.02 Å². The Kier molecular flexibility index (Phi) is 5.82. The summed E-state index contributed by atoms with van der Waals surface area (Å²) in [6.07, 6.45) is 0. The van der Waals surface area contributed by atoms with Crippen molar-refractivity contribution in [2.24, 2.45) is 0 Å². The summed E-state index contributed by atoms with van der Waals surface area (Å²) in [7, 11) is 2.99. The van der Waals surface area contributed by atoms with Crippen LogP contribution in [-0.4, -0.2) is 37.5 Å². The van der Waals surface area contributed by atoms with Crippen LogP contribution in [0.5, 0.6) is 11.5 Å². The van der Waals surface area contributed by atoms with E-state index in [1.165, 1.54) is 19.1 Å². The van der Waals surface area contributed by atoms with Crippen molar-refractivity contribution in [1.29, 1.82) is 0 Å².